The van der Waals surface area contributed by atoms with E-state index < -0.39 is 9.84 Å². The predicted molar refractivity (Wildman–Crippen MR) is 107 cm³/mol. The Balaban J connectivity index is 1.84. The van der Waals surface area contributed by atoms with Crippen LogP contribution < -0.4 is 5.32 Å². The predicted octanol–water partition coefficient (Wildman–Crippen LogP) is 4.67. The van der Waals surface area contributed by atoms with Gasteiger partial charge in [0.25, 0.3) is 0 Å². The van der Waals surface area contributed by atoms with E-state index in [0.717, 1.165) is 16.0 Å². The van der Waals surface area contributed by atoms with Crippen molar-refractivity contribution in [1.82, 2.24) is 0 Å². The summed E-state index contributed by atoms with van der Waals surface area (Å²) in [4.78, 5) is 13.7. The molecule has 6 heteroatoms. The molecule has 0 radical (unpaired) electrons. The highest BCUT2D eigenvalue weighted by atomic mass is 32.2. The summed E-state index contributed by atoms with van der Waals surface area (Å²) in [7, 11) is -3.69. The summed E-state index contributed by atoms with van der Waals surface area (Å²) in [6, 6.07) is 14.5. The van der Waals surface area contributed by atoms with Crippen LogP contribution in [-0.4, -0.2) is 14.3 Å². The van der Waals surface area contributed by atoms with E-state index in [1.165, 1.54) is 16.9 Å². The lowest BCUT2D eigenvalue weighted by Gasteiger charge is -2.24. The van der Waals surface area contributed by atoms with Gasteiger partial charge in [-0.2, -0.15) is 0 Å². The second kappa shape index (κ2) is 6.62. The molecule has 1 atom stereocenters. The highest BCUT2D eigenvalue weighted by Crippen LogP contribution is 2.46. The molecular formula is C21H19NO3S2. The molecule has 2 aromatic carbocycles. The van der Waals surface area contributed by atoms with Gasteiger partial charge in [-0.1, -0.05) is 36.4 Å². The van der Waals surface area contributed by atoms with Crippen LogP contribution in [-0.2, 0) is 14.6 Å². The van der Waals surface area contributed by atoms with Crippen LogP contribution in [0.3, 0.4) is 0 Å². The van der Waals surface area contributed by atoms with E-state index in [1.54, 1.807) is 35.7 Å². The average Bonchev–Trinajstić information content (AvgIpc) is 3.08. The van der Waals surface area contributed by atoms with E-state index in [-0.39, 0.29) is 21.6 Å². The maximum Gasteiger partial charge on any atom is 0.225 e. The summed E-state index contributed by atoms with van der Waals surface area (Å²) in [5.74, 6) is -0.286. The number of anilines is 1. The number of nitrogens with one attached hydrogen (secondary N) is 1. The average molecular weight is 398 g/mol. The Morgan fingerprint density at radius 3 is 2.48 bits per heavy atom. The first kappa shape index (κ1) is 17.9. The van der Waals surface area contributed by atoms with Gasteiger partial charge >= 0.3 is 0 Å². The lowest BCUT2D eigenvalue weighted by atomic mass is 9.89. The second-order valence-corrected chi connectivity index (χ2v) is 9.63. The largest absolute Gasteiger partial charge is 0.324 e. The fourth-order valence-corrected chi connectivity index (χ4v) is 6.31. The SMILES string of the molecule is Cc1ccc(C2CC(=O)Nc3c(S(=O)(=O)c4ccccc4)csc32)cc1C. The number of carbonyl (C=O) groups excluding carboxylic acids is 1. The molecule has 0 saturated heterocycles. The summed E-state index contributed by atoms with van der Waals surface area (Å²) in [6.45, 7) is 4.09. The number of amides is 1. The molecule has 1 amide bonds. The molecule has 2 heterocycles. The highest BCUT2D eigenvalue weighted by molar-refractivity contribution is 7.91. The standard InChI is InChI=1S/C21H19NO3S2/c1-13-8-9-15(10-14(13)2)17-11-19(23)22-20-18(12-26-21(17)20)27(24,25)16-6-4-3-5-7-16/h3-10,12,17H,11H2,1-2H3,(H,22,23). The summed E-state index contributed by atoms with van der Waals surface area (Å²) < 4.78 is 26.1. The Bertz CT molecular complexity index is 1130. The highest BCUT2D eigenvalue weighted by Gasteiger charge is 2.34. The first-order valence-electron chi connectivity index (χ1n) is 8.66. The molecule has 0 saturated carbocycles. The van der Waals surface area contributed by atoms with Gasteiger partial charge in [0, 0.05) is 22.6 Å². The number of rotatable bonds is 3. The number of benzene rings is 2. The van der Waals surface area contributed by atoms with Crippen LogP contribution in [0.15, 0.2) is 63.7 Å². The van der Waals surface area contributed by atoms with Crippen LogP contribution in [0, 0.1) is 13.8 Å². The zero-order valence-corrected chi connectivity index (χ0v) is 16.7. The zero-order chi connectivity index (χ0) is 19.2. The van der Waals surface area contributed by atoms with Gasteiger partial charge < -0.3 is 5.32 Å². The van der Waals surface area contributed by atoms with E-state index in [1.807, 2.05) is 26.0 Å². The lowest BCUT2D eigenvalue weighted by Crippen LogP contribution is -2.23. The normalized spacial score (nSPS) is 16.7. The number of sulfone groups is 1. The van der Waals surface area contributed by atoms with E-state index >= 15 is 0 Å². The fraction of sp³-hybridized carbons (Fsp3) is 0.190. The molecule has 1 aliphatic heterocycles. The third kappa shape index (κ3) is 3.09. The van der Waals surface area contributed by atoms with Crippen molar-refractivity contribution in [3.05, 3.63) is 75.5 Å². The van der Waals surface area contributed by atoms with Crippen LogP contribution >= 0.6 is 11.3 Å². The molecule has 0 aliphatic carbocycles. The third-order valence-corrected chi connectivity index (χ3v) is 8.07. The topological polar surface area (TPSA) is 63.2 Å². The second-order valence-electron chi connectivity index (χ2n) is 6.80. The first-order valence-corrected chi connectivity index (χ1v) is 11.0. The number of aryl methyl sites for hydroxylation is 2. The molecular weight excluding hydrogens is 378 g/mol. The molecule has 4 rings (SSSR count). The summed E-state index contributed by atoms with van der Waals surface area (Å²) in [6.07, 6.45) is 0.320. The Labute approximate surface area is 162 Å². The van der Waals surface area contributed by atoms with Gasteiger partial charge in [0.05, 0.1) is 10.6 Å². The number of hydrogen-bond acceptors (Lipinski definition) is 4. The lowest BCUT2D eigenvalue weighted by molar-refractivity contribution is -0.116. The van der Waals surface area contributed by atoms with Gasteiger partial charge in [-0.3, -0.25) is 4.79 Å². The number of fused-ring (bicyclic) bond motifs is 1. The Kier molecular flexibility index (Phi) is 4.40. The Hall–Kier alpha value is -2.44. The van der Waals surface area contributed by atoms with Gasteiger partial charge in [0.1, 0.15) is 4.90 Å². The van der Waals surface area contributed by atoms with E-state index in [2.05, 4.69) is 11.4 Å². The van der Waals surface area contributed by atoms with Gasteiger partial charge in [0.15, 0.2) is 0 Å². The quantitative estimate of drug-likeness (QED) is 0.698. The molecule has 4 nitrogen and oxygen atoms in total. The van der Waals surface area contributed by atoms with Crippen LogP contribution in [0.25, 0.3) is 0 Å². The van der Waals surface area contributed by atoms with Crippen molar-refractivity contribution in [2.24, 2.45) is 0 Å². The van der Waals surface area contributed by atoms with Crippen molar-refractivity contribution in [2.75, 3.05) is 5.32 Å². The molecule has 0 spiro atoms. The van der Waals surface area contributed by atoms with Crippen molar-refractivity contribution in [2.45, 2.75) is 36.0 Å². The summed E-state index contributed by atoms with van der Waals surface area (Å²) in [5.41, 5.74) is 3.83. The number of carbonyl (C=O) groups is 1. The van der Waals surface area contributed by atoms with E-state index in [4.69, 9.17) is 0 Å². The maximum atomic E-state index is 13.1. The van der Waals surface area contributed by atoms with Crippen molar-refractivity contribution < 1.29 is 13.2 Å². The summed E-state index contributed by atoms with van der Waals surface area (Å²) >= 11 is 1.39. The first-order chi connectivity index (χ1) is 12.9. The monoisotopic (exact) mass is 397 g/mol. The molecule has 27 heavy (non-hydrogen) atoms. The molecule has 0 bridgehead atoms. The molecule has 1 aliphatic rings. The molecule has 138 valence electrons. The van der Waals surface area contributed by atoms with Crippen LogP contribution in [0.1, 0.15) is 33.9 Å². The van der Waals surface area contributed by atoms with Gasteiger partial charge in [0.2, 0.25) is 15.7 Å². The fourth-order valence-electron chi connectivity index (χ4n) is 3.38. The smallest absolute Gasteiger partial charge is 0.225 e. The molecule has 1 N–H and O–H groups in total. The van der Waals surface area contributed by atoms with Gasteiger partial charge in [-0.25, -0.2) is 8.42 Å². The van der Waals surface area contributed by atoms with Crippen molar-refractivity contribution in [3.63, 3.8) is 0 Å². The van der Waals surface area contributed by atoms with Crippen LogP contribution in [0.2, 0.25) is 0 Å². The van der Waals surface area contributed by atoms with Gasteiger partial charge in [-0.15, -0.1) is 11.3 Å². The Morgan fingerprint density at radius 2 is 1.78 bits per heavy atom. The van der Waals surface area contributed by atoms with Crippen LogP contribution in [0.5, 0.6) is 0 Å². The van der Waals surface area contributed by atoms with Crippen molar-refractivity contribution in [1.29, 1.82) is 0 Å². The minimum atomic E-state index is -3.69. The van der Waals surface area contributed by atoms with Crippen molar-refractivity contribution in [3.8, 4) is 0 Å². The summed E-state index contributed by atoms with van der Waals surface area (Å²) in [5, 5.41) is 4.45. The molecule has 1 aromatic heterocycles. The molecule has 1 unspecified atom stereocenters. The van der Waals surface area contributed by atoms with Crippen LogP contribution in [0.4, 0.5) is 5.69 Å². The van der Waals surface area contributed by atoms with Crippen molar-refractivity contribution >= 4 is 32.8 Å². The molecule has 3 aromatic rings. The molecule has 0 fully saturated rings. The van der Waals surface area contributed by atoms with E-state index in [9.17, 15) is 13.2 Å². The number of thiophene rings is 1. The van der Waals surface area contributed by atoms with Gasteiger partial charge in [-0.05, 0) is 42.7 Å². The minimum Gasteiger partial charge on any atom is -0.324 e. The van der Waals surface area contributed by atoms with E-state index in [0.29, 0.717) is 12.1 Å². The maximum absolute atomic E-state index is 13.1. The number of hydrogen-bond donors (Lipinski definition) is 1. The minimum absolute atomic E-state index is 0.127. The third-order valence-electron chi connectivity index (χ3n) is 5.03. The zero-order valence-electron chi connectivity index (χ0n) is 15.0. The Morgan fingerprint density at radius 1 is 1.04 bits per heavy atom.